The second kappa shape index (κ2) is 2.75. The molecule has 0 spiro atoms. The number of thiazole rings is 1. The maximum Gasteiger partial charge on any atom is 0.197 e. The monoisotopic (exact) mass is 153 g/mol. The van der Waals surface area contributed by atoms with Crippen molar-refractivity contribution in [3.8, 4) is 0 Å². The molecule has 0 aromatic carbocycles. The van der Waals surface area contributed by atoms with Gasteiger partial charge in [-0.3, -0.25) is 4.79 Å². The number of allylic oxidation sites excluding steroid dienone is 1. The normalized spacial score (nSPS) is 9.30. The summed E-state index contributed by atoms with van der Waals surface area (Å²) >= 11 is 1.35. The first-order chi connectivity index (χ1) is 4.75. The summed E-state index contributed by atoms with van der Waals surface area (Å²) in [5.41, 5.74) is 2.45. The molecule has 0 aliphatic rings. The van der Waals surface area contributed by atoms with Crippen LogP contribution in [0.5, 0.6) is 0 Å². The molecule has 0 fully saturated rings. The number of carbonyl (C=O) groups is 1. The number of aryl methyl sites for hydroxylation is 1. The van der Waals surface area contributed by atoms with Crippen molar-refractivity contribution in [3.05, 3.63) is 28.7 Å². The molecule has 0 amide bonds. The highest BCUT2D eigenvalue weighted by Gasteiger charge is 2.06. The van der Waals surface area contributed by atoms with Crippen LogP contribution >= 0.6 is 11.3 Å². The predicted octanol–water partition coefficient (Wildman–Crippen LogP) is 1.82. The zero-order valence-electron chi connectivity index (χ0n) is 5.63. The van der Waals surface area contributed by atoms with Gasteiger partial charge in [0.1, 0.15) is 0 Å². The number of rotatable bonds is 2. The Bertz CT molecular complexity index is 264. The molecule has 0 aliphatic carbocycles. The molecule has 2 nitrogen and oxygen atoms in total. The summed E-state index contributed by atoms with van der Waals surface area (Å²) in [6.07, 6.45) is 1.31. The molecule has 0 radical (unpaired) electrons. The van der Waals surface area contributed by atoms with Gasteiger partial charge in [-0.2, -0.15) is 0 Å². The van der Waals surface area contributed by atoms with Crippen molar-refractivity contribution in [2.75, 3.05) is 0 Å². The van der Waals surface area contributed by atoms with Crippen LogP contribution in [0.2, 0.25) is 0 Å². The highest BCUT2D eigenvalue weighted by atomic mass is 32.1. The Morgan fingerprint density at radius 2 is 2.60 bits per heavy atom. The molecule has 0 unspecified atom stereocenters. The van der Waals surface area contributed by atoms with Crippen molar-refractivity contribution in [2.24, 2.45) is 0 Å². The van der Waals surface area contributed by atoms with Gasteiger partial charge in [0.2, 0.25) is 0 Å². The summed E-state index contributed by atoms with van der Waals surface area (Å²) in [5, 5.41) is 0. The molecule has 1 heterocycles. The third-order valence-electron chi connectivity index (χ3n) is 1.15. The van der Waals surface area contributed by atoms with Crippen LogP contribution in [0.15, 0.2) is 18.2 Å². The van der Waals surface area contributed by atoms with E-state index in [2.05, 4.69) is 11.6 Å². The highest BCUT2D eigenvalue weighted by Crippen LogP contribution is 2.12. The molecule has 0 N–H and O–H groups in total. The van der Waals surface area contributed by atoms with Crippen molar-refractivity contribution in [1.29, 1.82) is 0 Å². The predicted molar refractivity (Wildman–Crippen MR) is 41.4 cm³/mol. The van der Waals surface area contributed by atoms with Crippen LogP contribution in [-0.2, 0) is 0 Å². The molecule has 0 bridgehead atoms. The number of nitrogens with zero attached hydrogens (tertiary/aromatic N) is 1. The minimum atomic E-state index is -0.0417. The lowest BCUT2D eigenvalue weighted by atomic mass is 10.3. The van der Waals surface area contributed by atoms with E-state index in [1.807, 2.05) is 6.92 Å². The average molecular weight is 153 g/mol. The smallest absolute Gasteiger partial charge is 0.197 e. The summed E-state index contributed by atoms with van der Waals surface area (Å²) in [7, 11) is 0. The van der Waals surface area contributed by atoms with Gasteiger partial charge in [-0.15, -0.1) is 11.3 Å². The van der Waals surface area contributed by atoms with Gasteiger partial charge in [0.15, 0.2) is 5.78 Å². The minimum absolute atomic E-state index is 0.0417. The fourth-order valence-electron chi connectivity index (χ4n) is 0.631. The number of ketones is 1. The van der Waals surface area contributed by atoms with Crippen molar-refractivity contribution < 1.29 is 4.79 Å². The minimum Gasteiger partial charge on any atom is -0.288 e. The molecular weight excluding hydrogens is 146 g/mol. The molecule has 1 aromatic rings. The van der Waals surface area contributed by atoms with E-state index in [-0.39, 0.29) is 5.78 Å². The molecule has 52 valence electrons. The average Bonchev–Trinajstić information content (AvgIpc) is 2.34. The maximum atomic E-state index is 10.9. The molecule has 0 saturated heterocycles. The molecule has 0 atom stereocenters. The van der Waals surface area contributed by atoms with Gasteiger partial charge in [0, 0.05) is 0 Å². The topological polar surface area (TPSA) is 30.0 Å². The summed E-state index contributed by atoms with van der Waals surface area (Å²) in [4.78, 5) is 15.6. The molecule has 0 aliphatic heterocycles. The van der Waals surface area contributed by atoms with Crippen molar-refractivity contribution in [3.63, 3.8) is 0 Å². The van der Waals surface area contributed by atoms with Gasteiger partial charge in [-0.05, 0) is 13.0 Å². The zero-order valence-corrected chi connectivity index (χ0v) is 6.44. The second-order valence-electron chi connectivity index (χ2n) is 1.84. The number of hydrogen-bond donors (Lipinski definition) is 0. The third-order valence-corrected chi connectivity index (χ3v) is 2.10. The van der Waals surface area contributed by atoms with Gasteiger partial charge in [-0.1, -0.05) is 6.58 Å². The largest absolute Gasteiger partial charge is 0.288 e. The van der Waals surface area contributed by atoms with E-state index in [1.54, 1.807) is 5.51 Å². The first-order valence-corrected chi connectivity index (χ1v) is 3.70. The second-order valence-corrected chi connectivity index (χ2v) is 2.69. The molecule has 1 aromatic heterocycles. The number of aromatic nitrogens is 1. The summed E-state index contributed by atoms with van der Waals surface area (Å²) in [5.74, 6) is -0.0417. The van der Waals surface area contributed by atoms with E-state index in [0.717, 1.165) is 5.69 Å². The first kappa shape index (κ1) is 7.15. The van der Waals surface area contributed by atoms with E-state index in [0.29, 0.717) is 4.88 Å². The van der Waals surface area contributed by atoms with Gasteiger partial charge < -0.3 is 0 Å². The molecule has 1 rings (SSSR count). The lowest BCUT2D eigenvalue weighted by Crippen LogP contribution is -1.91. The van der Waals surface area contributed by atoms with Crippen molar-refractivity contribution in [2.45, 2.75) is 6.92 Å². The van der Waals surface area contributed by atoms with Gasteiger partial charge in [-0.25, -0.2) is 4.98 Å². The van der Waals surface area contributed by atoms with E-state index in [1.165, 1.54) is 17.4 Å². The van der Waals surface area contributed by atoms with Crippen LogP contribution in [0.1, 0.15) is 15.4 Å². The Hall–Kier alpha value is -0.960. The SMILES string of the molecule is C=CC(=O)c1scnc1C. The molecule has 0 saturated carbocycles. The molecular formula is C7H7NOS. The van der Waals surface area contributed by atoms with Gasteiger partial charge >= 0.3 is 0 Å². The summed E-state index contributed by atoms with van der Waals surface area (Å²) in [6.45, 7) is 5.20. The molecule has 3 heteroatoms. The maximum absolute atomic E-state index is 10.9. The van der Waals surface area contributed by atoms with Crippen LogP contribution < -0.4 is 0 Å². The summed E-state index contributed by atoms with van der Waals surface area (Å²) in [6, 6.07) is 0. The van der Waals surface area contributed by atoms with Crippen molar-refractivity contribution in [1.82, 2.24) is 4.98 Å². The van der Waals surface area contributed by atoms with Crippen molar-refractivity contribution >= 4 is 17.1 Å². The van der Waals surface area contributed by atoms with Crippen LogP contribution in [0.3, 0.4) is 0 Å². The lowest BCUT2D eigenvalue weighted by Gasteiger charge is -1.87. The van der Waals surface area contributed by atoms with E-state index >= 15 is 0 Å². The van der Waals surface area contributed by atoms with Gasteiger partial charge in [0.05, 0.1) is 16.1 Å². The van der Waals surface area contributed by atoms with Crippen LogP contribution in [-0.4, -0.2) is 10.8 Å². The molecule has 10 heavy (non-hydrogen) atoms. The highest BCUT2D eigenvalue weighted by molar-refractivity contribution is 7.12. The Morgan fingerprint density at radius 3 is 3.00 bits per heavy atom. The van der Waals surface area contributed by atoms with E-state index in [9.17, 15) is 4.79 Å². The Balaban J connectivity index is 3.04. The van der Waals surface area contributed by atoms with Gasteiger partial charge in [0.25, 0.3) is 0 Å². The standard InChI is InChI=1S/C7H7NOS/c1-3-6(9)7-5(2)8-4-10-7/h3-4H,1H2,2H3. The number of hydrogen-bond acceptors (Lipinski definition) is 3. The third kappa shape index (κ3) is 1.14. The van der Waals surface area contributed by atoms with E-state index < -0.39 is 0 Å². The Morgan fingerprint density at radius 1 is 1.90 bits per heavy atom. The Labute approximate surface area is 63.2 Å². The van der Waals surface area contributed by atoms with E-state index in [4.69, 9.17) is 0 Å². The fraction of sp³-hybridized carbons (Fsp3) is 0.143. The number of carbonyl (C=O) groups excluding carboxylic acids is 1. The van der Waals surface area contributed by atoms with Crippen LogP contribution in [0.25, 0.3) is 0 Å². The fourth-order valence-corrected chi connectivity index (χ4v) is 1.37. The summed E-state index contributed by atoms with van der Waals surface area (Å²) < 4.78 is 0. The quantitative estimate of drug-likeness (QED) is 0.479. The van der Waals surface area contributed by atoms with Crippen LogP contribution in [0.4, 0.5) is 0 Å². The first-order valence-electron chi connectivity index (χ1n) is 2.82. The van der Waals surface area contributed by atoms with Crippen LogP contribution in [0, 0.1) is 6.92 Å². The Kier molecular flexibility index (Phi) is 1.97. The lowest BCUT2D eigenvalue weighted by molar-refractivity contribution is 0.105. The zero-order chi connectivity index (χ0) is 7.56.